The normalized spacial score (nSPS) is 18.0. The molecular formula is C17H17ClN2O. The molecule has 21 heavy (non-hydrogen) atoms. The Morgan fingerprint density at radius 2 is 1.90 bits per heavy atom. The zero-order valence-corrected chi connectivity index (χ0v) is 12.4. The van der Waals surface area contributed by atoms with Gasteiger partial charge in [0.2, 0.25) is 0 Å². The van der Waals surface area contributed by atoms with Crippen LogP contribution in [0, 0.1) is 0 Å². The fraction of sp³-hybridized carbons (Fsp3) is 0.235. The van der Waals surface area contributed by atoms with Crippen molar-refractivity contribution in [1.29, 1.82) is 0 Å². The average Bonchev–Trinajstić information content (AvgIpc) is 2.94. The smallest absolute Gasteiger partial charge is 0.255 e. The maximum atomic E-state index is 12.6. The van der Waals surface area contributed by atoms with Crippen LogP contribution in [0.15, 0.2) is 48.5 Å². The van der Waals surface area contributed by atoms with E-state index in [2.05, 4.69) is 0 Å². The van der Waals surface area contributed by atoms with Gasteiger partial charge in [-0.25, -0.2) is 0 Å². The minimum absolute atomic E-state index is 0.0364. The van der Waals surface area contributed by atoms with E-state index in [0.717, 1.165) is 17.5 Å². The van der Waals surface area contributed by atoms with Gasteiger partial charge in [0.25, 0.3) is 5.91 Å². The van der Waals surface area contributed by atoms with Gasteiger partial charge >= 0.3 is 0 Å². The summed E-state index contributed by atoms with van der Waals surface area (Å²) in [6, 6.07) is 15.6. The molecule has 1 fully saturated rings. The molecule has 0 aromatic heterocycles. The van der Waals surface area contributed by atoms with Crippen LogP contribution >= 0.6 is 11.6 Å². The van der Waals surface area contributed by atoms with Crippen LogP contribution in [0.1, 0.15) is 16.8 Å². The molecule has 1 amide bonds. The van der Waals surface area contributed by atoms with Crippen LogP contribution in [0.4, 0.5) is 0 Å². The molecule has 0 radical (unpaired) electrons. The van der Waals surface area contributed by atoms with Crippen molar-refractivity contribution in [2.75, 3.05) is 13.1 Å². The third-order valence-corrected chi connectivity index (χ3v) is 4.15. The van der Waals surface area contributed by atoms with Crippen molar-refractivity contribution in [3.05, 3.63) is 59.1 Å². The van der Waals surface area contributed by atoms with Crippen LogP contribution in [0.2, 0.25) is 5.02 Å². The van der Waals surface area contributed by atoms with Crippen molar-refractivity contribution in [2.24, 2.45) is 5.73 Å². The maximum Gasteiger partial charge on any atom is 0.255 e. The SMILES string of the molecule is NC1CCN(C(=O)c2cc(-c3ccccc3)ccc2Cl)C1. The lowest BCUT2D eigenvalue weighted by atomic mass is 10.0. The van der Waals surface area contributed by atoms with Crippen LogP contribution in [-0.2, 0) is 0 Å². The maximum absolute atomic E-state index is 12.6. The molecule has 1 unspecified atom stereocenters. The molecule has 108 valence electrons. The van der Waals surface area contributed by atoms with Gasteiger partial charge in [0, 0.05) is 19.1 Å². The number of carbonyl (C=O) groups is 1. The van der Waals surface area contributed by atoms with Crippen molar-refractivity contribution in [3.63, 3.8) is 0 Å². The van der Waals surface area contributed by atoms with Crippen LogP contribution in [0.3, 0.4) is 0 Å². The first-order valence-electron chi connectivity index (χ1n) is 7.05. The molecule has 4 heteroatoms. The lowest BCUT2D eigenvalue weighted by Crippen LogP contribution is -2.32. The Hall–Kier alpha value is -1.84. The average molecular weight is 301 g/mol. The van der Waals surface area contributed by atoms with E-state index >= 15 is 0 Å². The molecule has 1 saturated heterocycles. The largest absolute Gasteiger partial charge is 0.337 e. The molecule has 2 aromatic carbocycles. The number of hydrogen-bond donors (Lipinski definition) is 1. The number of hydrogen-bond acceptors (Lipinski definition) is 2. The summed E-state index contributed by atoms with van der Waals surface area (Å²) in [4.78, 5) is 14.4. The monoisotopic (exact) mass is 300 g/mol. The number of benzene rings is 2. The summed E-state index contributed by atoms with van der Waals surface area (Å²) in [6.07, 6.45) is 0.849. The molecule has 0 spiro atoms. The lowest BCUT2D eigenvalue weighted by molar-refractivity contribution is 0.0791. The lowest BCUT2D eigenvalue weighted by Gasteiger charge is -2.17. The Kier molecular flexibility index (Phi) is 3.95. The minimum Gasteiger partial charge on any atom is -0.337 e. The summed E-state index contributed by atoms with van der Waals surface area (Å²) < 4.78 is 0. The molecule has 0 saturated carbocycles. The van der Waals surface area contributed by atoms with Crippen molar-refractivity contribution in [2.45, 2.75) is 12.5 Å². The highest BCUT2D eigenvalue weighted by Crippen LogP contribution is 2.27. The molecule has 0 aliphatic carbocycles. The van der Waals surface area contributed by atoms with Crippen LogP contribution in [0.25, 0.3) is 11.1 Å². The highest BCUT2D eigenvalue weighted by Gasteiger charge is 2.26. The quantitative estimate of drug-likeness (QED) is 0.926. The van der Waals surface area contributed by atoms with Crippen LogP contribution < -0.4 is 5.73 Å². The van der Waals surface area contributed by atoms with Crippen molar-refractivity contribution in [1.82, 2.24) is 4.90 Å². The Balaban J connectivity index is 1.93. The summed E-state index contributed by atoms with van der Waals surface area (Å²) >= 11 is 6.21. The standard InChI is InChI=1S/C17H17ClN2O/c18-16-7-6-13(12-4-2-1-3-5-12)10-15(16)17(21)20-9-8-14(19)11-20/h1-7,10,14H,8-9,11,19H2. The minimum atomic E-state index is -0.0364. The number of likely N-dealkylation sites (tertiary alicyclic amines) is 1. The van der Waals surface area contributed by atoms with E-state index in [-0.39, 0.29) is 11.9 Å². The van der Waals surface area contributed by atoms with Crippen molar-refractivity contribution in [3.8, 4) is 11.1 Å². The van der Waals surface area contributed by atoms with Crippen molar-refractivity contribution < 1.29 is 4.79 Å². The van der Waals surface area contributed by atoms with E-state index in [4.69, 9.17) is 17.3 Å². The van der Waals surface area contributed by atoms with Gasteiger partial charge in [0.1, 0.15) is 0 Å². The Bertz CT molecular complexity index is 657. The number of carbonyl (C=O) groups excluding carboxylic acids is 1. The van der Waals surface area contributed by atoms with E-state index in [9.17, 15) is 4.79 Å². The molecule has 3 rings (SSSR count). The second-order valence-electron chi connectivity index (χ2n) is 5.36. The van der Waals surface area contributed by atoms with Gasteiger partial charge in [-0.05, 0) is 29.7 Å². The number of nitrogens with zero attached hydrogens (tertiary/aromatic N) is 1. The fourth-order valence-electron chi connectivity index (χ4n) is 2.64. The second-order valence-corrected chi connectivity index (χ2v) is 5.77. The zero-order valence-electron chi connectivity index (χ0n) is 11.6. The van der Waals surface area contributed by atoms with Crippen molar-refractivity contribution >= 4 is 17.5 Å². The second kappa shape index (κ2) is 5.88. The number of amides is 1. The molecular weight excluding hydrogens is 284 g/mol. The molecule has 1 aliphatic rings. The predicted octanol–water partition coefficient (Wildman–Crippen LogP) is 3.18. The van der Waals surface area contributed by atoms with Crippen LogP contribution in [0.5, 0.6) is 0 Å². The van der Waals surface area contributed by atoms with Gasteiger partial charge in [-0.2, -0.15) is 0 Å². The van der Waals surface area contributed by atoms with Gasteiger partial charge in [0.15, 0.2) is 0 Å². The first-order chi connectivity index (χ1) is 10.1. The highest BCUT2D eigenvalue weighted by atomic mass is 35.5. The number of rotatable bonds is 2. The first-order valence-corrected chi connectivity index (χ1v) is 7.43. The van der Waals surface area contributed by atoms with Gasteiger partial charge in [-0.3, -0.25) is 4.79 Å². The topological polar surface area (TPSA) is 46.3 Å². The summed E-state index contributed by atoms with van der Waals surface area (Å²) in [7, 11) is 0. The van der Waals surface area contributed by atoms with Gasteiger partial charge in [-0.15, -0.1) is 0 Å². The third-order valence-electron chi connectivity index (χ3n) is 3.82. The Morgan fingerprint density at radius 1 is 1.14 bits per heavy atom. The highest BCUT2D eigenvalue weighted by molar-refractivity contribution is 6.34. The molecule has 2 aromatic rings. The first kappa shape index (κ1) is 14.1. The number of nitrogens with two attached hydrogens (primary N) is 1. The number of halogens is 1. The molecule has 2 N–H and O–H groups in total. The summed E-state index contributed by atoms with van der Waals surface area (Å²) in [5.74, 6) is -0.0364. The molecule has 1 heterocycles. The molecule has 1 atom stereocenters. The van der Waals surface area contributed by atoms with E-state index in [1.54, 1.807) is 11.0 Å². The van der Waals surface area contributed by atoms with Gasteiger partial charge < -0.3 is 10.6 Å². The fourth-order valence-corrected chi connectivity index (χ4v) is 2.84. The third kappa shape index (κ3) is 2.94. The van der Waals surface area contributed by atoms with E-state index in [1.807, 2.05) is 42.5 Å². The van der Waals surface area contributed by atoms with E-state index < -0.39 is 0 Å². The summed E-state index contributed by atoms with van der Waals surface area (Å²) in [6.45, 7) is 1.30. The summed E-state index contributed by atoms with van der Waals surface area (Å²) in [5, 5.41) is 0.486. The molecule has 0 bridgehead atoms. The molecule has 3 nitrogen and oxygen atoms in total. The summed E-state index contributed by atoms with van der Waals surface area (Å²) in [5.41, 5.74) is 8.48. The van der Waals surface area contributed by atoms with E-state index in [0.29, 0.717) is 23.7 Å². The zero-order chi connectivity index (χ0) is 14.8. The van der Waals surface area contributed by atoms with Gasteiger partial charge in [0.05, 0.1) is 10.6 Å². The van der Waals surface area contributed by atoms with Crippen LogP contribution in [-0.4, -0.2) is 29.9 Å². The Labute approximate surface area is 129 Å². The Morgan fingerprint density at radius 3 is 2.57 bits per heavy atom. The van der Waals surface area contributed by atoms with E-state index in [1.165, 1.54) is 0 Å². The van der Waals surface area contributed by atoms with Gasteiger partial charge in [-0.1, -0.05) is 48.0 Å². The molecule has 1 aliphatic heterocycles. The predicted molar refractivity (Wildman–Crippen MR) is 85.4 cm³/mol.